The third-order valence-electron chi connectivity index (χ3n) is 3.47. The minimum atomic E-state index is -0.312. The predicted molar refractivity (Wildman–Crippen MR) is 85.1 cm³/mol. The summed E-state index contributed by atoms with van der Waals surface area (Å²) in [6, 6.07) is 7.13. The number of para-hydroxylation sites is 1. The molecule has 5 nitrogen and oxygen atoms in total. The van der Waals surface area contributed by atoms with Gasteiger partial charge in [0.25, 0.3) is 5.91 Å². The smallest absolute Gasteiger partial charge is 0.307 e. The van der Waals surface area contributed by atoms with Gasteiger partial charge in [-0.05, 0) is 18.6 Å². The van der Waals surface area contributed by atoms with E-state index in [4.69, 9.17) is 4.74 Å². The first-order valence-electron chi connectivity index (χ1n) is 7.63. The van der Waals surface area contributed by atoms with Gasteiger partial charge in [-0.25, -0.2) is 0 Å². The van der Waals surface area contributed by atoms with Crippen LogP contribution < -0.4 is 4.74 Å². The van der Waals surface area contributed by atoms with Crippen molar-refractivity contribution in [3.63, 3.8) is 0 Å². The van der Waals surface area contributed by atoms with Crippen LogP contribution in [0.1, 0.15) is 43.0 Å². The summed E-state index contributed by atoms with van der Waals surface area (Å²) in [5.41, 5.74) is 0.520. The van der Waals surface area contributed by atoms with Crippen LogP contribution in [0.3, 0.4) is 0 Å². The van der Waals surface area contributed by atoms with E-state index in [0.717, 1.165) is 19.3 Å². The summed E-state index contributed by atoms with van der Waals surface area (Å²) in [4.78, 5) is 25.8. The number of benzene rings is 1. The van der Waals surface area contributed by atoms with Crippen LogP contribution in [0.2, 0.25) is 0 Å². The van der Waals surface area contributed by atoms with Gasteiger partial charge in [0, 0.05) is 13.1 Å². The first-order chi connectivity index (χ1) is 10.6. The van der Waals surface area contributed by atoms with Crippen molar-refractivity contribution in [3.8, 4) is 5.75 Å². The summed E-state index contributed by atoms with van der Waals surface area (Å²) in [6.07, 6.45) is 3.24. The second-order valence-electron chi connectivity index (χ2n) is 5.03. The Morgan fingerprint density at radius 3 is 2.45 bits per heavy atom. The molecule has 1 rings (SSSR count). The summed E-state index contributed by atoms with van der Waals surface area (Å²) in [5.74, 6) is 0.122. The van der Waals surface area contributed by atoms with Crippen LogP contribution in [-0.2, 0) is 9.53 Å². The molecule has 1 aromatic rings. The lowest BCUT2D eigenvalue weighted by Gasteiger charge is -2.23. The number of methoxy groups -OCH3 is 2. The van der Waals surface area contributed by atoms with Crippen molar-refractivity contribution >= 4 is 11.9 Å². The SMILES string of the molecule is CCCCCN(CCC(=O)OC)C(=O)c1ccccc1OC. The highest BCUT2D eigenvalue weighted by Crippen LogP contribution is 2.20. The maximum absolute atomic E-state index is 12.7. The highest BCUT2D eigenvalue weighted by atomic mass is 16.5. The minimum absolute atomic E-state index is 0.113. The molecule has 0 unspecified atom stereocenters. The molecule has 0 aliphatic rings. The molecule has 0 saturated carbocycles. The lowest BCUT2D eigenvalue weighted by atomic mass is 10.1. The molecule has 1 aromatic carbocycles. The van der Waals surface area contributed by atoms with Crippen LogP contribution in [-0.4, -0.2) is 44.1 Å². The van der Waals surface area contributed by atoms with Gasteiger partial charge in [0.15, 0.2) is 0 Å². The Hall–Kier alpha value is -2.04. The van der Waals surface area contributed by atoms with Gasteiger partial charge in [-0.1, -0.05) is 31.9 Å². The molecule has 1 amide bonds. The van der Waals surface area contributed by atoms with E-state index in [1.54, 1.807) is 30.2 Å². The van der Waals surface area contributed by atoms with Gasteiger partial charge >= 0.3 is 5.97 Å². The van der Waals surface area contributed by atoms with Gasteiger partial charge in [0.05, 0.1) is 26.2 Å². The average Bonchev–Trinajstić information content (AvgIpc) is 2.56. The topological polar surface area (TPSA) is 55.8 Å². The van der Waals surface area contributed by atoms with Crippen LogP contribution in [0.15, 0.2) is 24.3 Å². The second kappa shape index (κ2) is 9.82. The molecular formula is C17H25NO4. The summed E-state index contributed by atoms with van der Waals surface area (Å²) in [5, 5.41) is 0. The number of nitrogens with zero attached hydrogens (tertiary/aromatic N) is 1. The maximum Gasteiger partial charge on any atom is 0.307 e. The highest BCUT2D eigenvalue weighted by Gasteiger charge is 2.19. The largest absolute Gasteiger partial charge is 0.496 e. The summed E-state index contributed by atoms with van der Waals surface area (Å²) in [6.45, 7) is 3.09. The first-order valence-corrected chi connectivity index (χ1v) is 7.63. The zero-order valence-corrected chi connectivity index (χ0v) is 13.6. The van der Waals surface area contributed by atoms with Gasteiger partial charge in [-0.15, -0.1) is 0 Å². The van der Waals surface area contributed by atoms with Crippen molar-refractivity contribution in [3.05, 3.63) is 29.8 Å². The van der Waals surface area contributed by atoms with E-state index in [2.05, 4.69) is 11.7 Å². The number of amides is 1. The Labute approximate surface area is 132 Å². The van der Waals surface area contributed by atoms with Gasteiger partial charge < -0.3 is 14.4 Å². The summed E-state index contributed by atoms with van der Waals surface area (Å²) >= 11 is 0. The van der Waals surface area contributed by atoms with Crippen molar-refractivity contribution < 1.29 is 19.1 Å². The Kier molecular flexibility index (Phi) is 8.04. The van der Waals surface area contributed by atoms with Gasteiger partial charge in [0.1, 0.15) is 5.75 Å². The number of rotatable bonds is 9. The predicted octanol–water partition coefficient (Wildman–Crippen LogP) is 2.89. The van der Waals surface area contributed by atoms with Gasteiger partial charge in [-0.2, -0.15) is 0 Å². The number of ether oxygens (including phenoxy) is 2. The molecule has 0 bridgehead atoms. The Balaban J connectivity index is 2.83. The Bertz CT molecular complexity index is 487. The van der Waals surface area contributed by atoms with E-state index < -0.39 is 0 Å². The maximum atomic E-state index is 12.7. The molecule has 0 saturated heterocycles. The van der Waals surface area contributed by atoms with Crippen LogP contribution in [0, 0.1) is 0 Å². The van der Waals surface area contributed by atoms with Crippen molar-refractivity contribution in [2.75, 3.05) is 27.3 Å². The van der Waals surface area contributed by atoms with Crippen LogP contribution in [0.25, 0.3) is 0 Å². The Morgan fingerprint density at radius 2 is 1.82 bits per heavy atom. The van der Waals surface area contributed by atoms with Crippen LogP contribution >= 0.6 is 0 Å². The fourth-order valence-corrected chi connectivity index (χ4v) is 2.19. The standard InChI is InChI=1S/C17H25NO4/c1-4-5-8-12-18(13-11-16(19)22-3)17(20)14-9-6-7-10-15(14)21-2/h6-7,9-10H,4-5,8,11-13H2,1-3H3. The van der Waals surface area contributed by atoms with E-state index in [1.165, 1.54) is 7.11 Å². The van der Waals surface area contributed by atoms with E-state index in [9.17, 15) is 9.59 Å². The zero-order valence-electron chi connectivity index (χ0n) is 13.6. The van der Waals surface area contributed by atoms with Gasteiger partial charge in [-0.3, -0.25) is 9.59 Å². The monoisotopic (exact) mass is 307 g/mol. The van der Waals surface area contributed by atoms with Crippen LogP contribution in [0.5, 0.6) is 5.75 Å². The third kappa shape index (κ3) is 5.39. The van der Waals surface area contributed by atoms with Crippen molar-refractivity contribution in [1.29, 1.82) is 0 Å². The lowest BCUT2D eigenvalue weighted by Crippen LogP contribution is -2.34. The molecule has 0 radical (unpaired) electrons. The lowest BCUT2D eigenvalue weighted by molar-refractivity contribution is -0.140. The summed E-state index contributed by atoms with van der Waals surface area (Å²) < 4.78 is 9.90. The van der Waals surface area contributed by atoms with E-state index in [0.29, 0.717) is 24.4 Å². The number of esters is 1. The molecule has 0 heterocycles. The van der Waals surface area contributed by atoms with Crippen molar-refractivity contribution in [2.24, 2.45) is 0 Å². The van der Waals surface area contributed by atoms with Crippen molar-refractivity contribution in [1.82, 2.24) is 4.90 Å². The molecule has 0 aromatic heterocycles. The van der Waals surface area contributed by atoms with Crippen molar-refractivity contribution in [2.45, 2.75) is 32.6 Å². The average molecular weight is 307 g/mol. The molecule has 0 aliphatic carbocycles. The van der Waals surface area contributed by atoms with E-state index in [1.807, 2.05) is 6.07 Å². The molecule has 0 N–H and O–H groups in total. The fourth-order valence-electron chi connectivity index (χ4n) is 2.19. The molecule has 0 spiro atoms. The normalized spacial score (nSPS) is 10.1. The quantitative estimate of drug-likeness (QED) is 0.520. The number of carbonyl (C=O) groups is 2. The minimum Gasteiger partial charge on any atom is -0.496 e. The molecule has 0 fully saturated rings. The van der Waals surface area contributed by atoms with Crippen LogP contribution in [0.4, 0.5) is 0 Å². The van der Waals surface area contributed by atoms with Gasteiger partial charge in [0.2, 0.25) is 0 Å². The molecule has 5 heteroatoms. The summed E-state index contributed by atoms with van der Waals surface area (Å²) in [7, 11) is 2.90. The number of carbonyl (C=O) groups excluding carboxylic acids is 2. The molecule has 122 valence electrons. The Morgan fingerprint density at radius 1 is 1.09 bits per heavy atom. The number of hydrogen-bond donors (Lipinski definition) is 0. The second-order valence-corrected chi connectivity index (χ2v) is 5.03. The molecule has 22 heavy (non-hydrogen) atoms. The van der Waals surface area contributed by atoms with E-state index in [-0.39, 0.29) is 18.3 Å². The number of hydrogen-bond acceptors (Lipinski definition) is 4. The van der Waals surface area contributed by atoms with E-state index >= 15 is 0 Å². The molecule has 0 atom stereocenters. The fraction of sp³-hybridized carbons (Fsp3) is 0.529. The highest BCUT2D eigenvalue weighted by molar-refractivity contribution is 5.97. The third-order valence-corrected chi connectivity index (χ3v) is 3.47. The first kappa shape index (κ1) is 18.0. The molecular weight excluding hydrogens is 282 g/mol. The molecule has 0 aliphatic heterocycles. The number of unbranched alkanes of at least 4 members (excludes halogenated alkanes) is 2. The zero-order chi connectivity index (χ0) is 16.4.